The molecule has 1 fully saturated rings. The van der Waals surface area contributed by atoms with Gasteiger partial charge in [-0.3, -0.25) is 4.79 Å². The molecular formula is C15H19ClN2OS. The monoisotopic (exact) mass is 310 g/mol. The Morgan fingerprint density at radius 2 is 2.20 bits per heavy atom. The van der Waals surface area contributed by atoms with Crippen LogP contribution in [0.3, 0.4) is 0 Å². The molecule has 0 radical (unpaired) electrons. The SMILES string of the molecule is CCCc1cc(SC)c2c(c1)[C@@H]1CN(Cl)CCN1C2=O. The Kier molecular flexibility index (Phi) is 3.98. The highest BCUT2D eigenvalue weighted by Gasteiger charge is 2.41. The minimum Gasteiger partial charge on any atom is -0.329 e. The Bertz CT molecular complexity index is 549. The Hall–Kier alpha value is -0.710. The fourth-order valence-corrected chi connectivity index (χ4v) is 4.07. The lowest BCUT2D eigenvalue weighted by Gasteiger charge is -2.34. The molecule has 3 nitrogen and oxygen atoms in total. The van der Waals surface area contributed by atoms with Gasteiger partial charge in [0.1, 0.15) is 0 Å². The first-order chi connectivity index (χ1) is 9.65. The molecule has 2 aliphatic heterocycles. The molecule has 2 aliphatic rings. The van der Waals surface area contributed by atoms with E-state index in [2.05, 4.69) is 19.1 Å². The molecule has 0 N–H and O–H groups in total. The third-order valence-electron chi connectivity index (χ3n) is 4.12. The average Bonchev–Trinajstić information content (AvgIpc) is 2.71. The summed E-state index contributed by atoms with van der Waals surface area (Å²) in [4.78, 5) is 15.7. The summed E-state index contributed by atoms with van der Waals surface area (Å²) in [5.41, 5.74) is 3.42. The van der Waals surface area contributed by atoms with E-state index >= 15 is 0 Å². The fraction of sp³-hybridized carbons (Fsp3) is 0.533. The van der Waals surface area contributed by atoms with Crippen molar-refractivity contribution in [3.05, 3.63) is 28.8 Å². The molecule has 2 heterocycles. The molecular weight excluding hydrogens is 292 g/mol. The molecule has 108 valence electrons. The number of nitrogens with zero attached hydrogens (tertiary/aromatic N) is 2. The van der Waals surface area contributed by atoms with Gasteiger partial charge < -0.3 is 4.90 Å². The molecule has 1 aromatic rings. The van der Waals surface area contributed by atoms with Crippen molar-refractivity contribution in [3.8, 4) is 0 Å². The summed E-state index contributed by atoms with van der Waals surface area (Å²) in [6.07, 6.45) is 4.23. The van der Waals surface area contributed by atoms with E-state index in [-0.39, 0.29) is 11.9 Å². The largest absolute Gasteiger partial charge is 0.329 e. The molecule has 1 saturated heterocycles. The van der Waals surface area contributed by atoms with E-state index < -0.39 is 0 Å². The quantitative estimate of drug-likeness (QED) is 0.632. The standard InChI is InChI=1S/C15H19ClN2OS/c1-3-4-10-7-11-12-9-17(16)5-6-18(12)15(19)14(11)13(8-10)20-2/h7-8,12H,3-6,9H2,1-2H3/t12-/m0/s1. The summed E-state index contributed by atoms with van der Waals surface area (Å²) in [5.74, 6) is 0.183. The van der Waals surface area contributed by atoms with E-state index in [4.69, 9.17) is 11.8 Å². The maximum Gasteiger partial charge on any atom is 0.255 e. The van der Waals surface area contributed by atoms with E-state index in [1.807, 2.05) is 11.2 Å². The molecule has 5 heteroatoms. The van der Waals surface area contributed by atoms with Crippen molar-refractivity contribution in [2.45, 2.75) is 30.7 Å². The van der Waals surface area contributed by atoms with Gasteiger partial charge in [-0.25, -0.2) is 4.42 Å². The first-order valence-corrected chi connectivity index (χ1v) is 8.64. The van der Waals surface area contributed by atoms with Crippen molar-refractivity contribution in [1.82, 2.24) is 9.32 Å². The minimum absolute atomic E-state index is 0.131. The van der Waals surface area contributed by atoms with E-state index in [0.717, 1.165) is 42.9 Å². The second-order valence-electron chi connectivity index (χ2n) is 5.40. The van der Waals surface area contributed by atoms with Gasteiger partial charge in [0, 0.05) is 24.5 Å². The molecule has 3 rings (SSSR count). The van der Waals surface area contributed by atoms with Crippen LogP contribution in [-0.4, -0.2) is 41.1 Å². The normalized spacial score (nSPS) is 22.1. The van der Waals surface area contributed by atoms with Crippen LogP contribution in [0.25, 0.3) is 0 Å². The highest BCUT2D eigenvalue weighted by molar-refractivity contribution is 7.98. The van der Waals surface area contributed by atoms with E-state index in [1.165, 1.54) is 11.1 Å². The van der Waals surface area contributed by atoms with E-state index in [1.54, 1.807) is 16.2 Å². The predicted octanol–water partition coefficient (Wildman–Crippen LogP) is 3.33. The van der Waals surface area contributed by atoms with E-state index in [0.29, 0.717) is 0 Å². The maximum absolute atomic E-state index is 12.6. The molecule has 0 unspecified atom stereocenters. The van der Waals surface area contributed by atoms with Crippen LogP contribution in [0.15, 0.2) is 17.0 Å². The number of amides is 1. The van der Waals surface area contributed by atoms with Gasteiger partial charge in [-0.2, -0.15) is 0 Å². The van der Waals surface area contributed by atoms with Crippen LogP contribution < -0.4 is 0 Å². The summed E-state index contributed by atoms with van der Waals surface area (Å²) in [7, 11) is 0. The lowest BCUT2D eigenvalue weighted by molar-refractivity contribution is 0.0630. The summed E-state index contributed by atoms with van der Waals surface area (Å²) < 4.78 is 1.80. The van der Waals surface area contributed by atoms with Crippen molar-refractivity contribution >= 4 is 29.4 Å². The number of halogens is 1. The highest BCUT2D eigenvalue weighted by Crippen LogP contribution is 2.41. The first kappa shape index (κ1) is 14.2. The Morgan fingerprint density at radius 1 is 1.40 bits per heavy atom. The number of hydrogen-bond acceptors (Lipinski definition) is 3. The van der Waals surface area contributed by atoms with Crippen LogP contribution in [0.2, 0.25) is 0 Å². The van der Waals surface area contributed by atoms with Crippen molar-refractivity contribution in [2.75, 3.05) is 25.9 Å². The zero-order valence-corrected chi connectivity index (χ0v) is 13.4. The summed E-state index contributed by atoms with van der Waals surface area (Å²) >= 11 is 7.83. The smallest absolute Gasteiger partial charge is 0.255 e. The van der Waals surface area contributed by atoms with Crippen molar-refractivity contribution in [3.63, 3.8) is 0 Å². The third-order valence-corrected chi connectivity index (χ3v) is 5.18. The number of thioether (sulfide) groups is 1. The van der Waals surface area contributed by atoms with Gasteiger partial charge >= 0.3 is 0 Å². The van der Waals surface area contributed by atoms with Gasteiger partial charge in [0.05, 0.1) is 11.6 Å². The van der Waals surface area contributed by atoms with Crippen LogP contribution in [0.4, 0.5) is 0 Å². The van der Waals surface area contributed by atoms with Crippen LogP contribution in [0.1, 0.15) is 40.9 Å². The maximum atomic E-state index is 12.6. The van der Waals surface area contributed by atoms with Gasteiger partial charge in [0.15, 0.2) is 0 Å². The van der Waals surface area contributed by atoms with Crippen molar-refractivity contribution in [2.24, 2.45) is 0 Å². The molecule has 1 amide bonds. The molecule has 0 spiro atoms. The van der Waals surface area contributed by atoms with Crippen LogP contribution >= 0.6 is 23.5 Å². The first-order valence-electron chi connectivity index (χ1n) is 7.08. The summed E-state index contributed by atoms with van der Waals surface area (Å²) in [6, 6.07) is 4.53. The van der Waals surface area contributed by atoms with Gasteiger partial charge in [-0.1, -0.05) is 19.4 Å². The molecule has 0 bridgehead atoms. The van der Waals surface area contributed by atoms with Gasteiger partial charge in [-0.05, 0) is 41.6 Å². The topological polar surface area (TPSA) is 23.6 Å². The molecule has 1 aromatic carbocycles. The number of hydrogen-bond donors (Lipinski definition) is 0. The van der Waals surface area contributed by atoms with Crippen LogP contribution in [0, 0.1) is 0 Å². The third kappa shape index (κ3) is 2.24. The number of aryl methyl sites for hydroxylation is 1. The predicted molar refractivity (Wildman–Crippen MR) is 83.4 cm³/mol. The molecule has 0 aliphatic carbocycles. The highest BCUT2D eigenvalue weighted by atomic mass is 35.5. The van der Waals surface area contributed by atoms with Gasteiger partial charge in [0.25, 0.3) is 5.91 Å². The average molecular weight is 311 g/mol. The number of rotatable bonds is 3. The molecule has 0 saturated carbocycles. The zero-order valence-electron chi connectivity index (χ0n) is 11.9. The van der Waals surface area contributed by atoms with Gasteiger partial charge in [-0.15, -0.1) is 11.8 Å². The number of benzene rings is 1. The lowest BCUT2D eigenvalue weighted by Crippen LogP contribution is -2.43. The Labute approximate surface area is 129 Å². The lowest BCUT2D eigenvalue weighted by atomic mass is 9.98. The number of carbonyl (C=O) groups is 1. The van der Waals surface area contributed by atoms with Crippen LogP contribution in [0.5, 0.6) is 0 Å². The second kappa shape index (κ2) is 5.58. The van der Waals surface area contributed by atoms with Crippen molar-refractivity contribution in [1.29, 1.82) is 0 Å². The summed E-state index contributed by atoms with van der Waals surface area (Å²) in [5, 5.41) is 0. The molecule has 20 heavy (non-hydrogen) atoms. The Balaban J connectivity index is 2.08. The number of carbonyl (C=O) groups excluding carboxylic acids is 1. The fourth-order valence-electron chi connectivity index (χ4n) is 3.18. The zero-order chi connectivity index (χ0) is 14.3. The molecule has 0 aromatic heterocycles. The molecule has 1 atom stereocenters. The number of fused-ring (bicyclic) bond motifs is 3. The van der Waals surface area contributed by atoms with E-state index in [9.17, 15) is 4.79 Å². The van der Waals surface area contributed by atoms with Crippen molar-refractivity contribution < 1.29 is 4.79 Å². The summed E-state index contributed by atoms with van der Waals surface area (Å²) in [6.45, 7) is 4.38. The van der Waals surface area contributed by atoms with Gasteiger partial charge in [0.2, 0.25) is 0 Å². The minimum atomic E-state index is 0.131. The Morgan fingerprint density at radius 3 is 2.90 bits per heavy atom. The second-order valence-corrected chi connectivity index (χ2v) is 6.72. The van der Waals surface area contributed by atoms with Crippen LogP contribution in [-0.2, 0) is 6.42 Å². The number of piperazine rings is 1.